The van der Waals surface area contributed by atoms with Crippen LogP contribution < -0.4 is 10.4 Å². The summed E-state index contributed by atoms with van der Waals surface area (Å²) in [4.78, 5) is 13.3. The Bertz CT molecular complexity index is 1250. The van der Waals surface area contributed by atoms with Gasteiger partial charge in [0.15, 0.2) is 0 Å². The van der Waals surface area contributed by atoms with Crippen molar-refractivity contribution in [2.75, 3.05) is 18.1 Å². The summed E-state index contributed by atoms with van der Waals surface area (Å²) in [7, 11) is -3.66. The maximum atomic E-state index is 13.1. The highest BCUT2D eigenvalue weighted by Crippen LogP contribution is 2.25. The van der Waals surface area contributed by atoms with Crippen LogP contribution in [-0.4, -0.2) is 31.7 Å². The van der Waals surface area contributed by atoms with Gasteiger partial charge in [0, 0.05) is 19.0 Å². The summed E-state index contributed by atoms with van der Waals surface area (Å²) in [6.07, 6.45) is 0.880. The Morgan fingerprint density at radius 1 is 0.941 bits per heavy atom. The molecule has 1 aliphatic rings. The molecule has 0 saturated carbocycles. The van der Waals surface area contributed by atoms with E-state index in [1.54, 1.807) is 0 Å². The molecule has 0 aromatic heterocycles. The fraction of sp³-hybridized carbons (Fsp3) is 0.231. The SMILES string of the molecule is N#Cc1ccc(S(=O)(=O)N2CCC(C(=O)NN(Cc3ccccc3)c3ccccc3)CC2)cc1. The van der Waals surface area contributed by atoms with Crippen LogP contribution in [0.1, 0.15) is 24.0 Å². The molecule has 0 radical (unpaired) electrons. The number of nitrogens with zero attached hydrogens (tertiary/aromatic N) is 3. The van der Waals surface area contributed by atoms with E-state index in [-0.39, 0.29) is 29.8 Å². The Labute approximate surface area is 200 Å². The fourth-order valence-electron chi connectivity index (χ4n) is 4.00. The Morgan fingerprint density at radius 3 is 2.12 bits per heavy atom. The number of rotatable bonds is 7. The number of carbonyl (C=O) groups is 1. The Kier molecular flexibility index (Phi) is 7.26. The molecule has 1 saturated heterocycles. The van der Waals surface area contributed by atoms with Crippen LogP contribution in [0.2, 0.25) is 0 Å². The maximum absolute atomic E-state index is 13.1. The molecule has 3 aromatic carbocycles. The van der Waals surface area contributed by atoms with Crippen LogP contribution in [-0.2, 0) is 21.4 Å². The molecule has 1 amide bonds. The lowest BCUT2D eigenvalue weighted by molar-refractivity contribution is -0.126. The van der Waals surface area contributed by atoms with Gasteiger partial charge in [-0.2, -0.15) is 9.57 Å². The van der Waals surface area contributed by atoms with Gasteiger partial charge in [-0.1, -0.05) is 48.5 Å². The average molecular weight is 475 g/mol. The van der Waals surface area contributed by atoms with E-state index in [2.05, 4.69) is 5.43 Å². The second-order valence-corrected chi connectivity index (χ2v) is 10.1. The van der Waals surface area contributed by atoms with Gasteiger partial charge in [0.05, 0.1) is 28.8 Å². The van der Waals surface area contributed by atoms with Gasteiger partial charge < -0.3 is 0 Å². The Hall–Kier alpha value is -3.67. The van der Waals surface area contributed by atoms with E-state index in [4.69, 9.17) is 5.26 Å². The highest BCUT2D eigenvalue weighted by atomic mass is 32.2. The smallest absolute Gasteiger partial charge is 0.243 e. The van der Waals surface area contributed by atoms with Gasteiger partial charge in [-0.15, -0.1) is 0 Å². The molecular weight excluding hydrogens is 448 g/mol. The summed E-state index contributed by atoms with van der Waals surface area (Å²) in [5.41, 5.74) is 5.40. The first-order valence-corrected chi connectivity index (χ1v) is 12.6. The molecule has 174 valence electrons. The first-order chi connectivity index (χ1) is 16.5. The zero-order valence-electron chi connectivity index (χ0n) is 18.7. The minimum atomic E-state index is -3.66. The average Bonchev–Trinajstić information content (AvgIpc) is 2.89. The van der Waals surface area contributed by atoms with Crippen LogP contribution in [0.4, 0.5) is 5.69 Å². The maximum Gasteiger partial charge on any atom is 0.243 e. The van der Waals surface area contributed by atoms with Crippen molar-refractivity contribution in [3.8, 4) is 6.07 Å². The van der Waals surface area contributed by atoms with Crippen molar-refractivity contribution >= 4 is 21.6 Å². The first kappa shape index (κ1) is 23.5. The van der Waals surface area contributed by atoms with E-state index in [0.717, 1.165) is 11.3 Å². The van der Waals surface area contributed by atoms with Crippen LogP contribution >= 0.6 is 0 Å². The number of para-hydroxylation sites is 1. The highest BCUT2D eigenvalue weighted by Gasteiger charge is 2.32. The number of anilines is 1. The lowest BCUT2D eigenvalue weighted by Crippen LogP contribution is -2.48. The summed E-state index contributed by atoms with van der Waals surface area (Å²) in [5, 5.41) is 10.8. The number of carbonyl (C=O) groups excluding carboxylic acids is 1. The molecule has 4 rings (SSSR count). The van der Waals surface area contributed by atoms with Crippen LogP contribution in [0.15, 0.2) is 89.8 Å². The van der Waals surface area contributed by atoms with Crippen LogP contribution in [0.25, 0.3) is 0 Å². The molecule has 8 heteroatoms. The molecule has 0 atom stereocenters. The summed E-state index contributed by atoms with van der Waals surface area (Å²) in [6, 6.07) is 27.4. The van der Waals surface area contributed by atoms with E-state index in [1.165, 1.54) is 28.6 Å². The largest absolute Gasteiger partial charge is 0.281 e. The molecule has 34 heavy (non-hydrogen) atoms. The van der Waals surface area contributed by atoms with E-state index < -0.39 is 10.0 Å². The van der Waals surface area contributed by atoms with Gasteiger partial charge in [0.1, 0.15) is 0 Å². The van der Waals surface area contributed by atoms with Crippen molar-refractivity contribution in [2.24, 2.45) is 5.92 Å². The monoisotopic (exact) mass is 474 g/mol. The van der Waals surface area contributed by atoms with Gasteiger partial charge in [0.25, 0.3) is 0 Å². The molecule has 1 aliphatic heterocycles. The predicted octanol–water partition coefficient (Wildman–Crippen LogP) is 3.70. The molecule has 0 bridgehead atoms. The van der Waals surface area contributed by atoms with Crippen molar-refractivity contribution in [1.82, 2.24) is 9.73 Å². The zero-order chi connectivity index (χ0) is 24.0. The number of nitrogens with one attached hydrogen (secondary N) is 1. The van der Waals surface area contributed by atoms with Crippen LogP contribution in [0, 0.1) is 17.2 Å². The highest BCUT2D eigenvalue weighted by molar-refractivity contribution is 7.89. The van der Waals surface area contributed by atoms with Gasteiger partial charge in [-0.05, 0) is 54.8 Å². The van der Waals surface area contributed by atoms with E-state index in [1.807, 2.05) is 71.7 Å². The number of benzene rings is 3. The second-order valence-electron chi connectivity index (χ2n) is 8.20. The minimum absolute atomic E-state index is 0.116. The van der Waals surface area contributed by atoms with Gasteiger partial charge in [-0.3, -0.25) is 15.2 Å². The van der Waals surface area contributed by atoms with Gasteiger partial charge in [-0.25, -0.2) is 8.42 Å². The third-order valence-electron chi connectivity index (χ3n) is 5.94. The molecule has 3 aromatic rings. The van der Waals surface area contributed by atoms with E-state index in [9.17, 15) is 13.2 Å². The number of nitriles is 1. The quantitative estimate of drug-likeness (QED) is 0.527. The number of hydrogen-bond acceptors (Lipinski definition) is 5. The summed E-state index contributed by atoms with van der Waals surface area (Å²) < 4.78 is 27.3. The van der Waals surface area contributed by atoms with E-state index in [0.29, 0.717) is 24.9 Å². The van der Waals surface area contributed by atoms with Crippen LogP contribution in [0.3, 0.4) is 0 Å². The lowest BCUT2D eigenvalue weighted by Gasteiger charge is -2.33. The molecule has 0 aliphatic carbocycles. The predicted molar refractivity (Wildman–Crippen MR) is 130 cm³/mol. The van der Waals surface area contributed by atoms with Gasteiger partial charge >= 0.3 is 0 Å². The molecule has 0 spiro atoms. The number of hydrazine groups is 1. The number of amides is 1. The number of hydrogen-bond donors (Lipinski definition) is 1. The standard InChI is InChI=1S/C26H26N4O3S/c27-19-21-11-13-25(14-12-21)34(32,33)29-17-15-23(16-18-29)26(31)28-30(24-9-5-2-6-10-24)20-22-7-3-1-4-8-22/h1-14,23H,15-18,20H2,(H,28,31). The normalized spacial score (nSPS) is 14.8. The third kappa shape index (κ3) is 5.45. The van der Waals surface area contributed by atoms with Gasteiger partial charge in [0.2, 0.25) is 15.9 Å². The summed E-state index contributed by atoms with van der Waals surface area (Å²) in [5.74, 6) is -0.399. The number of piperidine rings is 1. The summed E-state index contributed by atoms with van der Waals surface area (Å²) in [6.45, 7) is 1.05. The molecule has 7 nitrogen and oxygen atoms in total. The van der Waals surface area contributed by atoms with E-state index >= 15 is 0 Å². The van der Waals surface area contributed by atoms with Crippen molar-refractivity contribution in [1.29, 1.82) is 5.26 Å². The molecule has 1 fully saturated rings. The van der Waals surface area contributed by atoms with Crippen LogP contribution in [0.5, 0.6) is 0 Å². The molecule has 1 heterocycles. The Balaban J connectivity index is 1.41. The lowest BCUT2D eigenvalue weighted by atomic mass is 9.97. The molecular formula is C26H26N4O3S. The minimum Gasteiger partial charge on any atom is -0.281 e. The zero-order valence-corrected chi connectivity index (χ0v) is 19.5. The molecule has 0 unspecified atom stereocenters. The second kappa shape index (κ2) is 10.5. The topological polar surface area (TPSA) is 93.5 Å². The third-order valence-corrected chi connectivity index (χ3v) is 7.86. The number of sulfonamides is 1. The van der Waals surface area contributed by atoms with Crippen molar-refractivity contribution in [3.05, 3.63) is 96.1 Å². The summed E-state index contributed by atoms with van der Waals surface area (Å²) >= 11 is 0. The van der Waals surface area contributed by atoms with Crippen molar-refractivity contribution in [3.63, 3.8) is 0 Å². The van der Waals surface area contributed by atoms with Crippen molar-refractivity contribution < 1.29 is 13.2 Å². The first-order valence-electron chi connectivity index (χ1n) is 11.1. The fourth-order valence-corrected chi connectivity index (χ4v) is 5.47. The van der Waals surface area contributed by atoms with Crippen molar-refractivity contribution in [2.45, 2.75) is 24.3 Å². The molecule has 1 N–H and O–H groups in total. The Morgan fingerprint density at radius 2 is 1.53 bits per heavy atom.